The van der Waals surface area contributed by atoms with Gasteiger partial charge in [0.05, 0.1) is 11.1 Å². The molecule has 1 N–H and O–H groups in total. The van der Waals surface area contributed by atoms with E-state index in [4.69, 9.17) is 4.74 Å². The molecule has 0 radical (unpaired) electrons. The minimum Gasteiger partial charge on any atom is -0.375 e. The Bertz CT molecular complexity index is 619. The molecule has 0 aromatic carbocycles. The summed E-state index contributed by atoms with van der Waals surface area (Å²) >= 11 is 1.82. The van der Waals surface area contributed by atoms with Crippen molar-refractivity contribution in [2.75, 3.05) is 13.2 Å². The molecule has 3 heterocycles. The molecule has 130 valence electrons. The van der Waals surface area contributed by atoms with Crippen LogP contribution in [0.5, 0.6) is 0 Å². The molecule has 2 aliphatic rings. The number of hydrogen-bond acceptors (Lipinski definition) is 4. The molecule has 1 saturated carbocycles. The zero-order valence-electron chi connectivity index (χ0n) is 14.2. The van der Waals surface area contributed by atoms with Gasteiger partial charge in [-0.2, -0.15) is 5.10 Å². The van der Waals surface area contributed by atoms with Crippen LogP contribution in [0.15, 0.2) is 36.0 Å². The predicted molar refractivity (Wildman–Crippen MR) is 97.2 cm³/mol. The van der Waals surface area contributed by atoms with Crippen molar-refractivity contribution < 1.29 is 4.74 Å². The monoisotopic (exact) mass is 345 g/mol. The van der Waals surface area contributed by atoms with Crippen LogP contribution in [0.2, 0.25) is 0 Å². The highest BCUT2D eigenvalue weighted by molar-refractivity contribution is 7.09. The van der Waals surface area contributed by atoms with Crippen LogP contribution in [0.3, 0.4) is 0 Å². The Morgan fingerprint density at radius 3 is 2.92 bits per heavy atom. The fraction of sp³-hybridized carbons (Fsp3) is 0.632. The highest BCUT2D eigenvalue weighted by Crippen LogP contribution is 2.47. The second-order valence-corrected chi connectivity index (χ2v) is 8.38. The molecule has 1 aliphatic carbocycles. The van der Waals surface area contributed by atoms with E-state index in [0.717, 1.165) is 39.0 Å². The summed E-state index contributed by atoms with van der Waals surface area (Å²) in [5.41, 5.74) is 0.215. The number of rotatable bonds is 6. The molecule has 1 atom stereocenters. The van der Waals surface area contributed by atoms with Gasteiger partial charge >= 0.3 is 0 Å². The minimum atomic E-state index is 0.106. The van der Waals surface area contributed by atoms with Crippen molar-refractivity contribution in [3.8, 4) is 0 Å². The molecule has 2 aromatic heterocycles. The Morgan fingerprint density at radius 1 is 1.25 bits per heavy atom. The molecule has 4 rings (SSSR count). The van der Waals surface area contributed by atoms with E-state index < -0.39 is 0 Å². The van der Waals surface area contributed by atoms with Gasteiger partial charge in [0.15, 0.2) is 0 Å². The summed E-state index contributed by atoms with van der Waals surface area (Å²) in [6.45, 7) is 2.85. The summed E-state index contributed by atoms with van der Waals surface area (Å²) in [6.07, 6.45) is 12.4. The second-order valence-electron chi connectivity index (χ2n) is 7.35. The SMILES string of the molecule is c1csc(CNCCC2(n3cccn3)CCOC3(CCCC3)C2)c1. The maximum absolute atomic E-state index is 6.29. The van der Waals surface area contributed by atoms with Crippen molar-refractivity contribution in [1.82, 2.24) is 15.1 Å². The molecule has 1 unspecified atom stereocenters. The molecule has 1 spiro atoms. The van der Waals surface area contributed by atoms with E-state index in [1.807, 2.05) is 17.5 Å². The number of nitrogens with one attached hydrogen (secondary N) is 1. The fourth-order valence-corrected chi connectivity index (χ4v) is 5.23. The van der Waals surface area contributed by atoms with Gasteiger partial charge in [-0.25, -0.2) is 0 Å². The van der Waals surface area contributed by atoms with Gasteiger partial charge in [0.1, 0.15) is 0 Å². The van der Waals surface area contributed by atoms with Crippen LogP contribution < -0.4 is 5.32 Å². The minimum absolute atomic E-state index is 0.106. The largest absolute Gasteiger partial charge is 0.375 e. The summed E-state index contributed by atoms with van der Waals surface area (Å²) in [7, 11) is 0. The molecule has 5 heteroatoms. The van der Waals surface area contributed by atoms with Crippen molar-refractivity contribution in [2.45, 2.75) is 62.6 Å². The normalized spacial score (nSPS) is 26.2. The van der Waals surface area contributed by atoms with E-state index >= 15 is 0 Å². The molecule has 1 aliphatic heterocycles. The Morgan fingerprint density at radius 2 is 2.17 bits per heavy atom. The van der Waals surface area contributed by atoms with Crippen LogP contribution in [0.4, 0.5) is 0 Å². The number of thiophene rings is 1. The quantitative estimate of drug-likeness (QED) is 0.806. The Labute approximate surface area is 148 Å². The smallest absolute Gasteiger partial charge is 0.0705 e. The molecule has 2 fully saturated rings. The van der Waals surface area contributed by atoms with Crippen molar-refractivity contribution in [3.05, 3.63) is 40.8 Å². The van der Waals surface area contributed by atoms with Crippen molar-refractivity contribution in [1.29, 1.82) is 0 Å². The zero-order chi connectivity index (χ0) is 16.3. The number of aromatic nitrogens is 2. The lowest BCUT2D eigenvalue weighted by Gasteiger charge is -2.46. The number of hydrogen-bond donors (Lipinski definition) is 1. The first-order valence-electron chi connectivity index (χ1n) is 9.18. The summed E-state index contributed by atoms with van der Waals surface area (Å²) in [5.74, 6) is 0. The van der Waals surface area contributed by atoms with Gasteiger partial charge < -0.3 is 10.1 Å². The molecular formula is C19H27N3OS. The topological polar surface area (TPSA) is 39.1 Å². The van der Waals surface area contributed by atoms with Crippen LogP contribution in [0.25, 0.3) is 0 Å². The highest BCUT2D eigenvalue weighted by atomic mass is 32.1. The molecule has 2 aromatic rings. The van der Waals surface area contributed by atoms with E-state index in [0.29, 0.717) is 0 Å². The van der Waals surface area contributed by atoms with E-state index in [2.05, 4.69) is 44.9 Å². The van der Waals surface area contributed by atoms with Gasteiger partial charge in [-0.3, -0.25) is 4.68 Å². The van der Waals surface area contributed by atoms with Crippen LogP contribution in [-0.2, 0) is 16.8 Å². The van der Waals surface area contributed by atoms with Crippen LogP contribution in [0.1, 0.15) is 49.8 Å². The molecule has 1 saturated heterocycles. The van der Waals surface area contributed by atoms with Gasteiger partial charge in [0.2, 0.25) is 0 Å². The van der Waals surface area contributed by atoms with Gasteiger partial charge in [-0.15, -0.1) is 11.3 Å². The van der Waals surface area contributed by atoms with Gasteiger partial charge in [0.25, 0.3) is 0 Å². The summed E-state index contributed by atoms with van der Waals surface area (Å²) in [4.78, 5) is 1.40. The second kappa shape index (κ2) is 6.98. The van der Waals surface area contributed by atoms with Gasteiger partial charge in [0, 0.05) is 36.8 Å². The van der Waals surface area contributed by atoms with Crippen LogP contribution in [-0.4, -0.2) is 28.5 Å². The third-order valence-electron chi connectivity index (χ3n) is 5.78. The first-order valence-corrected chi connectivity index (χ1v) is 10.1. The third kappa shape index (κ3) is 3.30. The fourth-order valence-electron chi connectivity index (χ4n) is 4.56. The van der Waals surface area contributed by atoms with E-state index in [-0.39, 0.29) is 11.1 Å². The van der Waals surface area contributed by atoms with E-state index in [1.54, 1.807) is 0 Å². The average Bonchev–Trinajstić information content (AvgIpc) is 3.34. The molecule has 24 heavy (non-hydrogen) atoms. The number of nitrogens with zero attached hydrogens (tertiary/aromatic N) is 2. The standard InChI is InChI=1S/C19H27N3OS/c1-2-7-19(6-1)16-18(9-13-23-19,22-12-4-10-21-22)8-11-20-15-17-5-3-14-24-17/h3-5,10,12,14,20H,1-2,6-9,11,13,15-16H2. The van der Waals surface area contributed by atoms with E-state index in [1.165, 1.54) is 30.6 Å². The highest BCUT2D eigenvalue weighted by Gasteiger charge is 2.48. The first-order chi connectivity index (χ1) is 11.8. The predicted octanol–water partition coefficient (Wildman–Crippen LogP) is 3.94. The average molecular weight is 346 g/mol. The summed E-state index contributed by atoms with van der Waals surface area (Å²) in [5, 5.41) is 10.4. The van der Waals surface area contributed by atoms with Crippen molar-refractivity contribution in [2.24, 2.45) is 0 Å². The number of ether oxygens (including phenoxy) is 1. The lowest BCUT2D eigenvalue weighted by Crippen LogP contribution is -2.50. The Hall–Kier alpha value is -1.17. The molecule has 0 bridgehead atoms. The molecule has 0 amide bonds. The first kappa shape index (κ1) is 16.3. The lowest BCUT2D eigenvalue weighted by molar-refractivity contribution is -0.122. The maximum Gasteiger partial charge on any atom is 0.0705 e. The van der Waals surface area contributed by atoms with Gasteiger partial charge in [-0.05, 0) is 49.7 Å². The van der Waals surface area contributed by atoms with Crippen LogP contribution in [0, 0.1) is 0 Å². The summed E-state index contributed by atoms with van der Waals surface area (Å²) < 4.78 is 8.51. The maximum atomic E-state index is 6.29. The summed E-state index contributed by atoms with van der Waals surface area (Å²) in [6, 6.07) is 6.37. The van der Waals surface area contributed by atoms with Crippen molar-refractivity contribution in [3.63, 3.8) is 0 Å². The molecular weight excluding hydrogens is 318 g/mol. The third-order valence-corrected chi connectivity index (χ3v) is 6.65. The van der Waals surface area contributed by atoms with Gasteiger partial charge in [-0.1, -0.05) is 18.9 Å². The zero-order valence-corrected chi connectivity index (χ0v) is 15.1. The van der Waals surface area contributed by atoms with E-state index in [9.17, 15) is 0 Å². The molecule has 4 nitrogen and oxygen atoms in total. The Kier molecular flexibility index (Phi) is 4.74. The lowest BCUT2D eigenvalue weighted by atomic mass is 9.76. The Balaban J connectivity index is 1.45. The van der Waals surface area contributed by atoms with Crippen molar-refractivity contribution >= 4 is 11.3 Å². The van der Waals surface area contributed by atoms with Crippen LogP contribution >= 0.6 is 11.3 Å².